The number of likely N-dealkylation sites (tertiary alicyclic amines) is 1. The van der Waals surface area contributed by atoms with Crippen LogP contribution >= 0.6 is 0 Å². The summed E-state index contributed by atoms with van der Waals surface area (Å²) in [7, 11) is 0. The van der Waals surface area contributed by atoms with E-state index in [9.17, 15) is 9.59 Å². The molecule has 1 heterocycles. The molecular formula is C15H24N2O3. The zero-order valence-corrected chi connectivity index (χ0v) is 12.0. The number of amides is 2. The first-order chi connectivity index (χ1) is 9.67. The van der Waals surface area contributed by atoms with E-state index in [4.69, 9.17) is 5.11 Å². The van der Waals surface area contributed by atoms with Crippen LogP contribution in [0.4, 0.5) is 0 Å². The van der Waals surface area contributed by atoms with Crippen LogP contribution in [-0.2, 0) is 9.59 Å². The van der Waals surface area contributed by atoms with Gasteiger partial charge in [-0.05, 0) is 12.8 Å². The van der Waals surface area contributed by atoms with Crippen LogP contribution in [0.15, 0.2) is 12.7 Å². The van der Waals surface area contributed by atoms with Crippen LogP contribution in [0, 0.1) is 5.92 Å². The highest BCUT2D eigenvalue weighted by molar-refractivity contribution is 5.89. The number of hydrogen-bond acceptors (Lipinski definition) is 3. The van der Waals surface area contributed by atoms with Gasteiger partial charge in [-0.25, -0.2) is 0 Å². The summed E-state index contributed by atoms with van der Waals surface area (Å²) in [5, 5.41) is 9.03. The summed E-state index contributed by atoms with van der Waals surface area (Å²) in [4.78, 5) is 28.0. The predicted molar refractivity (Wildman–Crippen MR) is 75.9 cm³/mol. The van der Waals surface area contributed by atoms with Gasteiger partial charge in [-0.2, -0.15) is 0 Å². The summed E-state index contributed by atoms with van der Waals surface area (Å²) in [6.45, 7) is 4.84. The molecule has 2 aliphatic rings. The van der Waals surface area contributed by atoms with Crippen LogP contribution < -0.4 is 0 Å². The van der Waals surface area contributed by atoms with Crippen LogP contribution in [0.1, 0.15) is 32.1 Å². The van der Waals surface area contributed by atoms with Gasteiger partial charge in [0.25, 0.3) is 0 Å². The lowest BCUT2D eigenvalue weighted by molar-refractivity contribution is -0.135. The van der Waals surface area contributed by atoms with E-state index in [1.807, 2.05) is 4.90 Å². The molecule has 0 spiro atoms. The van der Waals surface area contributed by atoms with Crippen LogP contribution in [0.2, 0.25) is 0 Å². The molecule has 2 amide bonds. The first kappa shape index (κ1) is 15.0. The SMILES string of the molecule is C=CCN(CCO)C(=O)C1CC(=O)N(C2CCCC2)C1. The number of carbonyl (C=O) groups excluding carboxylic acids is 2. The van der Waals surface area contributed by atoms with Crippen molar-refractivity contribution in [3.8, 4) is 0 Å². The molecule has 1 N–H and O–H groups in total. The zero-order valence-electron chi connectivity index (χ0n) is 12.0. The average Bonchev–Trinajstić information content (AvgIpc) is 3.06. The topological polar surface area (TPSA) is 60.9 Å². The summed E-state index contributed by atoms with van der Waals surface area (Å²) < 4.78 is 0. The summed E-state index contributed by atoms with van der Waals surface area (Å²) in [6.07, 6.45) is 6.47. The minimum atomic E-state index is -0.255. The Morgan fingerprint density at radius 1 is 1.45 bits per heavy atom. The molecule has 1 saturated heterocycles. The maximum atomic E-state index is 12.4. The number of aliphatic hydroxyl groups excluding tert-OH is 1. The largest absolute Gasteiger partial charge is 0.395 e. The maximum Gasteiger partial charge on any atom is 0.228 e. The zero-order chi connectivity index (χ0) is 14.5. The molecule has 1 aliphatic heterocycles. The number of rotatable bonds is 6. The van der Waals surface area contributed by atoms with Crippen LogP contribution in [0.25, 0.3) is 0 Å². The number of hydrogen-bond donors (Lipinski definition) is 1. The fourth-order valence-electron chi connectivity index (χ4n) is 3.29. The minimum Gasteiger partial charge on any atom is -0.395 e. The smallest absolute Gasteiger partial charge is 0.228 e. The van der Waals surface area contributed by atoms with Crippen LogP contribution in [0.5, 0.6) is 0 Å². The number of aliphatic hydroxyl groups is 1. The lowest BCUT2D eigenvalue weighted by Gasteiger charge is -2.26. The molecule has 5 heteroatoms. The highest BCUT2D eigenvalue weighted by Crippen LogP contribution is 2.30. The molecule has 0 bridgehead atoms. The van der Waals surface area contributed by atoms with Gasteiger partial charge in [-0.1, -0.05) is 18.9 Å². The molecule has 0 aromatic heterocycles. The van der Waals surface area contributed by atoms with Crippen molar-refractivity contribution in [3.63, 3.8) is 0 Å². The first-order valence-electron chi connectivity index (χ1n) is 7.47. The summed E-state index contributed by atoms with van der Waals surface area (Å²) in [5.41, 5.74) is 0. The Morgan fingerprint density at radius 3 is 2.75 bits per heavy atom. The van der Waals surface area contributed by atoms with E-state index in [-0.39, 0.29) is 24.3 Å². The van der Waals surface area contributed by atoms with E-state index in [1.54, 1.807) is 11.0 Å². The van der Waals surface area contributed by atoms with Gasteiger partial charge in [-0.15, -0.1) is 6.58 Å². The third kappa shape index (κ3) is 3.20. The highest BCUT2D eigenvalue weighted by atomic mass is 16.3. The van der Waals surface area contributed by atoms with Crippen LogP contribution in [-0.4, -0.2) is 59.0 Å². The van der Waals surface area contributed by atoms with Gasteiger partial charge in [0.2, 0.25) is 11.8 Å². The quantitative estimate of drug-likeness (QED) is 0.732. The predicted octanol–water partition coefficient (Wildman–Crippen LogP) is 0.784. The normalized spacial score (nSPS) is 23.4. The molecule has 1 atom stereocenters. The van der Waals surface area contributed by atoms with Gasteiger partial charge in [0, 0.05) is 32.1 Å². The third-order valence-electron chi connectivity index (χ3n) is 4.30. The monoisotopic (exact) mass is 280 g/mol. The van der Waals surface area contributed by atoms with E-state index in [0.29, 0.717) is 32.1 Å². The molecule has 1 unspecified atom stereocenters. The summed E-state index contributed by atoms with van der Waals surface area (Å²) in [6, 6.07) is 0.339. The lowest BCUT2D eigenvalue weighted by Crippen LogP contribution is -2.40. The molecule has 1 aliphatic carbocycles. The molecule has 1 saturated carbocycles. The Kier molecular flexibility index (Phi) is 5.17. The molecule has 2 rings (SSSR count). The van der Waals surface area contributed by atoms with Gasteiger partial charge in [0.1, 0.15) is 0 Å². The van der Waals surface area contributed by atoms with Crippen LogP contribution in [0.3, 0.4) is 0 Å². The van der Waals surface area contributed by atoms with Crippen molar-refractivity contribution in [1.82, 2.24) is 9.80 Å². The highest BCUT2D eigenvalue weighted by Gasteiger charge is 2.39. The fraction of sp³-hybridized carbons (Fsp3) is 0.733. The summed E-state index contributed by atoms with van der Waals surface area (Å²) >= 11 is 0. The molecule has 5 nitrogen and oxygen atoms in total. The molecule has 0 aromatic rings. The molecule has 112 valence electrons. The fourth-order valence-corrected chi connectivity index (χ4v) is 3.29. The van der Waals surface area contributed by atoms with Crippen molar-refractivity contribution < 1.29 is 14.7 Å². The van der Waals surface area contributed by atoms with Gasteiger partial charge in [0.15, 0.2) is 0 Å². The molecule has 20 heavy (non-hydrogen) atoms. The second-order valence-electron chi connectivity index (χ2n) is 5.68. The van der Waals surface area contributed by atoms with E-state index in [2.05, 4.69) is 6.58 Å². The Bertz CT molecular complexity index is 377. The molecule has 2 fully saturated rings. The number of nitrogens with zero attached hydrogens (tertiary/aromatic N) is 2. The van der Waals surface area contributed by atoms with Gasteiger partial charge < -0.3 is 14.9 Å². The second-order valence-corrected chi connectivity index (χ2v) is 5.68. The third-order valence-corrected chi connectivity index (χ3v) is 4.30. The Hall–Kier alpha value is -1.36. The minimum absolute atomic E-state index is 0.0344. The van der Waals surface area contributed by atoms with Crippen molar-refractivity contribution in [2.24, 2.45) is 5.92 Å². The average molecular weight is 280 g/mol. The summed E-state index contributed by atoms with van der Waals surface area (Å²) in [5.74, 6) is -0.180. The lowest BCUT2D eigenvalue weighted by atomic mass is 10.1. The maximum absolute atomic E-state index is 12.4. The van der Waals surface area contributed by atoms with Gasteiger partial charge in [0.05, 0.1) is 12.5 Å². The Morgan fingerprint density at radius 2 is 2.15 bits per heavy atom. The molecule has 0 aromatic carbocycles. The second kappa shape index (κ2) is 6.88. The van der Waals surface area contributed by atoms with E-state index in [0.717, 1.165) is 12.8 Å². The van der Waals surface area contributed by atoms with E-state index >= 15 is 0 Å². The van der Waals surface area contributed by atoms with Gasteiger partial charge in [-0.3, -0.25) is 9.59 Å². The van der Waals surface area contributed by atoms with E-state index in [1.165, 1.54) is 12.8 Å². The van der Waals surface area contributed by atoms with Crippen molar-refractivity contribution >= 4 is 11.8 Å². The van der Waals surface area contributed by atoms with Crippen molar-refractivity contribution in [2.45, 2.75) is 38.1 Å². The first-order valence-corrected chi connectivity index (χ1v) is 7.47. The number of carbonyl (C=O) groups is 2. The van der Waals surface area contributed by atoms with E-state index < -0.39 is 0 Å². The van der Waals surface area contributed by atoms with Crippen molar-refractivity contribution in [3.05, 3.63) is 12.7 Å². The standard InChI is InChI=1S/C15H24N2O3/c1-2-7-16(8-9-18)15(20)12-10-14(19)17(11-12)13-5-3-4-6-13/h2,12-13,18H,1,3-11H2. The van der Waals surface area contributed by atoms with Gasteiger partial charge >= 0.3 is 0 Å². The Balaban J connectivity index is 1.97. The van der Waals surface area contributed by atoms with Crippen molar-refractivity contribution in [1.29, 1.82) is 0 Å². The Labute approximate surface area is 120 Å². The van der Waals surface area contributed by atoms with Crippen molar-refractivity contribution in [2.75, 3.05) is 26.2 Å². The molecule has 0 radical (unpaired) electrons. The molecular weight excluding hydrogens is 256 g/mol.